The lowest BCUT2D eigenvalue weighted by atomic mass is 10.1. The molecule has 0 aliphatic rings. The molecule has 0 saturated heterocycles. The summed E-state index contributed by atoms with van der Waals surface area (Å²) in [6, 6.07) is 16.9. The average molecular weight is 479 g/mol. The lowest BCUT2D eigenvalue weighted by Gasteiger charge is -2.11. The number of fused-ring (bicyclic) bond motifs is 1. The van der Waals surface area contributed by atoms with Gasteiger partial charge in [-0.1, -0.05) is 24.8 Å². The van der Waals surface area contributed by atoms with Crippen LogP contribution in [0.5, 0.6) is 11.6 Å². The van der Waals surface area contributed by atoms with E-state index in [1.165, 1.54) is 17.4 Å². The predicted molar refractivity (Wildman–Crippen MR) is 135 cm³/mol. The minimum absolute atomic E-state index is 0.296. The van der Waals surface area contributed by atoms with Gasteiger partial charge >= 0.3 is 0 Å². The van der Waals surface area contributed by atoms with Gasteiger partial charge in [-0.2, -0.15) is 4.98 Å². The van der Waals surface area contributed by atoms with Gasteiger partial charge in [0.1, 0.15) is 10.4 Å². The Morgan fingerprint density at radius 3 is 2.73 bits per heavy atom. The first-order valence-corrected chi connectivity index (χ1v) is 12.7. The molecule has 1 amide bonds. The normalized spacial score (nSPS) is 11.7. The molecule has 0 aliphatic carbocycles. The maximum Gasteiger partial charge on any atom is 0.247 e. The number of thiophene rings is 1. The second-order valence-corrected chi connectivity index (χ2v) is 9.63. The molecular weight excluding hydrogens is 456 g/mol. The second-order valence-electron chi connectivity index (χ2n) is 7.16. The molecule has 33 heavy (non-hydrogen) atoms. The molecule has 0 fully saturated rings. The molecule has 4 aromatic rings. The zero-order chi connectivity index (χ0) is 23.2. The van der Waals surface area contributed by atoms with Crippen molar-refractivity contribution in [3.8, 4) is 11.6 Å². The first kappa shape index (κ1) is 22.6. The van der Waals surface area contributed by atoms with Crippen LogP contribution in [0.25, 0.3) is 10.2 Å². The topological polar surface area (TPSA) is 93.2 Å². The Bertz CT molecular complexity index is 1320. The molecule has 0 bridgehead atoms. The van der Waals surface area contributed by atoms with E-state index >= 15 is 0 Å². The van der Waals surface area contributed by atoms with E-state index in [2.05, 4.69) is 27.2 Å². The van der Waals surface area contributed by atoms with E-state index in [1.807, 2.05) is 35.7 Å². The standard InChI is InChI=1S/C24H22N4O3S2/c1-3-21(29)25-18-5-4-6-19(15-18)31-23-22-20(11-13-32-22)27-24(28-23)26-17-9-7-16(8-10-17)12-14-33(2)30/h3-11,13,15H,1,12,14H2,2H3,(H,25,29)(H,26,27,28). The SMILES string of the molecule is C=CC(=O)Nc1cccc(Oc2nc(Nc3ccc(CCS(C)=O)cc3)nc3ccsc23)c1. The Morgan fingerprint density at radius 2 is 1.97 bits per heavy atom. The number of ether oxygens (including phenoxy) is 1. The summed E-state index contributed by atoms with van der Waals surface area (Å²) in [5, 5.41) is 7.87. The van der Waals surface area contributed by atoms with Crippen LogP contribution in [-0.4, -0.2) is 32.1 Å². The molecule has 2 aromatic carbocycles. The number of nitrogens with zero attached hydrogens (tertiary/aromatic N) is 2. The van der Waals surface area contributed by atoms with Gasteiger partial charge in [0.15, 0.2) is 0 Å². The lowest BCUT2D eigenvalue weighted by Crippen LogP contribution is -2.07. The fourth-order valence-electron chi connectivity index (χ4n) is 3.05. The molecule has 9 heteroatoms. The fourth-order valence-corrected chi connectivity index (χ4v) is 4.33. The van der Waals surface area contributed by atoms with E-state index in [0.717, 1.165) is 27.9 Å². The van der Waals surface area contributed by atoms with Crippen LogP contribution >= 0.6 is 11.3 Å². The van der Waals surface area contributed by atoms with Crippen LogP contribution in [0.3, 0.4) is 0 Å². The first-order valence-electron chi connectivity index (χ1n) is 10.1. The van der Waals surface area contributed by atoms with Crippen molar-refractivity contribution in [1.82, 2.24) is 9.97 Å². The third-order valence-electron chi connectivity index (χ3n) is 4.66. The Labute approximate surface area is 198 Å². The molecule has 7 nitrogen and oxygen atoms in total. The van der Waals surface area contributed by atoms with Gasteiger partial charge in [0, 0.05) is 40.2 Å². The average Bonchev–Trinajstić information content (AvgIpc) is 3.28. The Kier molecular flexibility index (Phi) is 7.11. The van der Waals surface area contributed by atoms with E-state index in [9.17, 15) is 9.00 Å². The highest BCUT2D eigenvalue weighted by Crippen LogP contribution is 2.33. The quantitative estimate of drug-likeness (QED) is 0.318. The smallest absolute Gasteiger partial charge is 0.247 e. The van der Waals surface area contributed by atoms with Gasteiger partial charge in [-0.25, -0.2) is 4.98 Å². The summed E-state index contributed by atoms with van der Waals surface area (Å²) < 4.78 is 18.2. The molecule has 0 aliphatic heterocycles. The maximum absolute atomic E-state index is 11.6. The van der Waals surface area contributed by atoms with Crippen molar-refractivity contribution in [2.45, 2.75) is 6.42 Å². The van der Waals surface area contributed by atoms with Gasteiger partial charge in [0.05, 0.1) is 5.52 Å². The highest BCUT2D eigenvalue weighted by atomic mass is 32.2. The van der Waals surface area contributed by atoms with Crippen molar-refractivity contribution in [2.75, 3.05) is 22.6 Å². The fraction of sp³-hybridized carbons (Fsp3) is 0.125. The molecular formula is C24H22N4O3S2. The number of carbonyl (C=O) groups excluding carboxylic acids is 1. The van der Waals surface area contributed by atoms with Gasteiger partial charge in [-0.15, -0.1) is 11.3 Å². The highest BCUT2D eigenvalue weighted by molar-refractivity contribution is 7.84. The largest absolute Gasteiger partial charge is 0.437 e. The molecule has 0 spiro atoms. The maximum atomic E-state index is 11.6. The van der Waals surface area contributed by atoms with Crippen LogP contribution in [0.4, 0.5) is 17.3 Å². The summed E-state index contributed by atoms with van der Waals surface area (Å²) in [6.45, 7) is 3.46. The van der Waals surface area contributed by atoms with Crippen LogP contribution in [-0.2, 0) is 22.0 Å². The molecule has 4 rings (SSSR count). The Hall–Kier alpha value is -3.56. The van der Waals surface area contributed by atoms with Gasteiger partial charge in [0.2, 0.25) is 17.7 Å². The summed E-state index contributed by atoms with van der Waals surface area (Å²) in [6.07, 6.45) is 3.69. The van der Waals surface area contributed by atoms with E-state index < -0.39 is 10.8 Å². The summed E-state index contributed by atoms with van der Waals surface area (Å²) in [4.78, 5) is 20.7. The molecule has 2 heterocycles. The minimum atomic E-state index is -0.811. The van der Waals surface area contributed by atoms with E-state index in [1.54, 1.807) is 30.5 Å². The summed E-state index contributed by atoms with van der Waals surface area (Å²) in [5.74, 6) is 1.72. The third kappa shape index (κ3) is 6.03. The predicted octanol–water partition coefficient (Wildman–Crippen LogP) is 5.27. The van der Waals surface area contributed by atoms with Crippen LogP contribution in [0, 0.1) is 0 Å². The summed E-state index contributed by atoms with van der Waals surface area (Å²) in [7, 11) is -0.811. The minimum Gasteiger partial charge on any atom is -0.437 e. The van der Waals surface area contributed by atoms with Gasteiger partial charge in [-0.05, 0) is 53.8 Å². The molecule has 1 atom stereocenters. The molecule has 0 radical (unpaired) electrons. The zero-order valence-electron chi connectivity index (χ0n) is 17.9. The summed E-state index contributed by atoms with van der Waals surface area (Å²) in [5.41, 5.74) is 3.33. The number of benzene rings is 2. The van der Waals surface area contributed by atoms with E-state index in [-0.39, 0.29) is 5.91 Å². The molecule has 0 saturated carbocycles. The first-order chi connectivity index (χ1) is 16.0. The number of amides is 1. The monoisotopic (exact) mass is 478 g/mol. The van der Waals surface area contributed by atoms with Crippen LogP contribution < -0.4 is 15.4 Å². The molecule has 2 aromatic heterocycles. The van der Waals surface area contributed by atoms with Crippen molar-refractivity contribution < 1.29 is 13.7 Å². The highest BCUT2D eigenvalue weighted by Gasteiger charge is 2.12. The molecule has 168 valence electrons. The van der Waals surface area contributed by atoms with Crippen LogP contribution in [0.15, 0.2) is 72.6 Å². The number of aromatic nitrogens is 2. The number of hydrogen-bond donors (Lipinski definition) is 2. The molecule has 1 unspecified atom stereocenters. The zero-order valence-corrected chi connectivity index (χ0v) is 19.5. The second kappa shape index (κ2) is 10.4. The summed E-state index contributed by atoms with van der Waals surface area (Å²) >= 11 is 1.49. The number of rotatable bonds is 9. The number of carbonyl (C=O) groups is 1. The molecule has 2 N–H and O–H groups in total. The lowest BCUT2D eigenvalue weighted by molar-refractivity contribution is -0.111. The number of anilines is 3. The van der Waals surface area contributed by atoms with Crippen molar-refractivity contribution in [3.05, 3.63) is 78.2 Å². The van der Waals surface area contributed by atoms with Crippen LogP contribution in [0.2, 0.25) is 0 Å². The Morgan fingerprint density at radius 1 is 1.15 bits per heavy atom. The number of aryl methyl sites for hydroxylation is 1. The number of nitrogens with one attached hydrogen (secondary N) is 2. The van der Waals surface area contributed by atoms with Crippen molar-refractivity contribution in [2.24, 2.45) is 0 Å². The van der Waals surface area contributed by atoms with Crippen molar-refractivity contribution in [1.29, 1.82) is 0 Å². The van der Waals surface area contributed by atoms with Crippen molar-refractivity contribution in [3.63, 3.8) is 0 Å². The third-order valence-corrected chi connectivity index (χ3v) is 6.33. The van der Waals surface area contributed by atoms with Gasteiger partial charge in [0.25, 0.3) is 0 Å². The van der Waals surface area contributed by atoms with E-state index in [4.69, 9.17) is 4.74 Å². The Balaban J connectivity index is 1.55. The van der Waals surface area contributed by atoms with Gasteiger partial charge in [-0.3, -0.25) is 9.00 Å². The van der Waals surface area contributed by atoms with E-state index in [0.29, 0.717) is 29.0 Å². The van der Waals surface area contributed by atoms with Gasteiger partial charge < -0.3 is 15.4 Å². The van der Waals surface area contributed by atoms with Crippen molar-refractivity contribution >= 4 is 55.6 Å². The van der Waals surface area contributed by atoms with Crippen LogP contribution in [0.1, 0.15) is 5.56 Å². The number of hydrogen-bond acceptors (Lipinski definition) is 7.